The first-order valence-electron chi connectivity index (χ1n) is 9.70. The predicted octanol–water partition coefficient (Wildman–Crippen LogP) is 6.12. The van der Waals surface area contributed by atoms with Crippen LogP contribution in [0.4, 0.5) is 5.69 Å². The van der Waals surface area contributed by atoms with E-state index >= 15 is 0 Å². The van der Waals surface area contributed by atoms with E-state index in [0.717, 1.165) is 11.1 Å². The highest BCUT2D eigenvalue weighted by atomic mass is 35.5. The fourth-order valence-corrected chi connectivity index (χ4v) is 3.46. The second-order valence-electron chi connectivity index (χ2n) is 7.09. The molecule has 0 fully saturated rings. The van der Waals surface area contributed by atoms with Crippen LogP contribution in [0.5, 0.6) is 5.75 Å². The molecule has 0 radical (unpaired) electrons. The van der Waals surface area contributed by atoms with Crippen molar-refractivity contribution in [3.8, 4) is 11.8 Å². The lowest BCUT2D eigenvalue weighted by Crippen LogP contribution is -2.13. The standard InChI is InChI=1S/C25H18Cl2N2O4/c1-15-2-8-20(9-3-15)29-24(30)19(13-28)10-17-11-21(26)23(22(27)12-17)33-14-16-4-6-18(7-5-16)25(31)32/h2-12H,14H2,1H3,(H,29,30)(H,31,32)/b19-10+. The molecule has 0 spiro atoms. The molecular formula is C25H18Cl2N2O4. The summed E-state index contributed by atoms with van der Waals surface area (Å²) in [6.45, 7) is 2.05. The number of nitrogens with one attached hydrogen (secondary N) is 1. The molecule has 0 bridgehead atoms. The van der Waals surface area contributed by atoms with Gasteiger partial charge in [-0.15, -0.1) is 0 Å². The average molecular weight is 481 g/mol. The molecule has 0 saturated heterocycles. The van der Waals surface area contributed by atoms with E-state index in [0.29, 0.717) is 11.3 Å². The van der Waals surface area contributed by atoms with Crippen LogP contribution in [0.1, 0.15) is 27.0 Å². The summed E-state index contributed by atoms with van der Waals surface area (Å²) < 4.78 is 5.70. The molecule has 166 valence electrons. The molecule has 1 amide bonds. The number of nitrogens with zero attached hydrogens (tertiary/aromatic N) is 1. The third-order valence-corrected chi connectivity index (χ3v) is 5.15. The number of hydrogen-bond acceptors (Lipinski definition) is 4. The quantitative estimate of drug-likeness (QED) is 0.313. The van der Waals surface area contributed by atoms with Crippen LogP contribution in [0.3, 0.4) is 0 Å². The highest BCUT2D eigenvalue weighted by Crippen LogP contribution is 2.35. The van der Waals surface area contributed by atoms with Gasteiger partial charge in [-0.1, -0.05) is 53.0 Å². The van der Waals surface area contributed by atoms with Gasteiger partial charge in [-0.3, -0.25) is 4.79 Å². The minimum Gasteiger partial charge on any atom is -0.486 e. The summed E-state index contributed by atoms with van der Waals surface area (Å²) in [6.07, 6.45) is 1.38. The normalized spacial score (nSPS) is 10.9. The summed E-state index contributed by atoms with van der Waals surface area (Å²) in [5.74, 6) is -1.33. The molecule has 0 atom stereocenters. The summed E-state index contributed by atoms with van der Waals surface area (Å²) in [5, 5.41) is 21.5. The zero-order valence-corrected chi connectivity index (χ0v) is 18.9. The highest BCUT2D eigenvalue weighted by molar-refractivity contribution is 6.37. The summed E-state index contributed by atoms with van der Waals surface area (Å²) in [5.41, 5.74) is 2.87. The molecule has 0 aliphatic carbocycles. The lowest BCUT2D eigenvalue weighted by atomic mass is 10.1. The average Bonchev–Trinajstić information content (AvgIpc) is 2.78. The zero-order chi connectivity index (χ0) is 24.0. The Morgan fingerprint density at radius 1 is 1.06 bits per heavy atom. The van der Waals surface area contributed by atoms with Crippen LogP contribution < -0.4 is 10.1 Å². The van der Waals surface area contributed by atoms with Crippen LogP contribution in [-0.4, -0.2) is 17.0 Å². The van der Waals surface area contributed by atoms with Crippen molar-refractivity contribution in [1.29, 1.82) is 5.26 Å². The molecule has 0 heterocycles. The summed E-state index contributed by atoms with van der Waals surface area (Å²) >= 11 is 12.6. The first-order valence-corrected chi connectivity index (χ1v) is 10.5. The Labute approximate surface area is 200 Å². The maximum absolute atomic E-state index is 12.5. The Morgan fingerprint density at radius 3 is 2.21 bits per heavy atom. The monoisotopic (exact) mass is 480 g/mol. The van der Waals surface area contributed by atoms with E-state index in [-0.39, 0.29) is 33.5 Å². The number of hydrogen-bond donors (Lipinski definition) is 2. The lowest BCUT2D eigenvalue weighted by molar-refractivity contribution is -0.112. The molecule has 0 aliphatic rings. The van der Waals surface area contributed by atoms with Gasteiger partial charge in [-0.2, -0.15) is 5.26 Å². The number of carboxylic acids is 1. The molecular weight excluding hydrogens is 463 g/mol. The van der Waals surface area contributed by atoms with Gasteiger partial charge in [0.15, 0.2) is 5.75 Å². The summed E-state index contributed by atoms with van der Waals surface area (Å²) in [7, 11) is 0. The van der Waals surface area contributed by atoms with Crippen molar-refractivity contribution in [3.63, 3.8) is 0 Å². The second kappa shape index (κ2) is 10.7. The number of carbonyl (C=O) groups excluding carboxylic acids is 1. The number of aryl methyl sites for hydroxylation is 1. The van der Waals surface area contributed by atoms with E-state index in [4.69, 9.17) is 33.0 Å². The molecule has 3 aromatic rings. The molecule has 0 aromatic heterocycles. The Hall–Kier alpha value is -3.79. The van der Waals surface area contributed by atoms with Crippen molar-refractivity contribution in [1.82, 2.24) is 0 Å². The van der Waals surface area contributed by atoms with Crippen LogP contribution in [0.2, 0.25) is 10.0 Å². The summed E-state index contributed by atoms with van der Waals surface area (Å²) in [4.78, 5) is 23.4. The van der Waals surface area contributed by atoms with E-state index in [9.17, 15) is 14.9 Å². The molecule has 6 nitrogen and oxygen atoms in total. The van der Waals surface area contributed by atoms with Gasteiger partial charge >= 0.3 is 5.97 Å². The third kappa shape index (κ3) is 6.36. The minimum absolute atomic E-state index is 0.116. The van der Waals surface area contributed by atoms with Gasteiger partial charge in [-0.25, -0.2) is 4.79 Å². The van der Waals surface area contributed by atoms with Crippen LogP contribution in [0.25, 0.3) is 6.08 Å². The second-order valence-corrected chi connectivity index (χ2v) is 7.91. The largest absolute Gasteiger partial charge is 0.486 e. The van der Waals surface area contributed by atoms with E-state index in [1.807, 2.05) is 25.1 Å². The Morgan fingerprint density at radius 2 is 1.67 bits per heavy atom. The number of benzene rings is 3. The van der Waals surface area contributed by atoms with Crippen LogP contribution in [-0.2, 0) is 11.4 Å². The number of rotatable bonds is 7. The number of carbonyl (C=O) groups is 2. The van der Waals surface area contributed by atoms with Crippen molar-refractivity contribution in [2.24, 2.45) is 0 Å². The number of ether oxygens (including phenoxy) is 1. The van der Waals surface area contributed by atoms with E-state index < -0.39 is 11.9 Å². The SMILES string of the molecule is Cc1ccc(NC(=O)/C(C#N)=C/c2cc(Cl)c(OCc3ccc(C(=O)O)cc3)c(Cl)c2)cc1. The van der Waals surface area contributed by atoms with E-state index in [1.54, 1.807) is 24.3 Å². The Kier molecular flexibility index (Phi) is 7.73. The smallest absolute Gasteiger partial charge is 0.335 e. The molecule has 33 heavy (non-hydrogen) atoms. The van der Waals surface area contributed by atoms with Crippen LogP contribution in [0, 0.1) is 18.3 Å². The van der Waals surface area contributed by atoms with Crippen molar-refractivity contribution in [2.45, 2.75) is 13.5 Å². The first kappa shape index (κ1) is 23.9. The maximum atomic E-state index is 12.5. The number of carboxylic acid groups (broad SMARTS) is 1. The fourth-order valence-electron chi connectivity index (χ4n) is 2.85. The number of aromatic carboxylic acids is 1. The van der Waals surface area contributed by atoms with Crippen molar-refractivity contribution < 1.29 is 19.4 Å². The number of halogens is 2. The van der Waals surface area contributed by atoms with Crippen molar-refractivity contribution in [3.05, 3.63) is 98.5 Å². The molecule has 8 heteroatoms. The van der Waals surface area contributed by atoms with Crippen molar-refractivity contribution in [2.75, 3.05) is 5.32 Å². The van der Waals surface area contributed by atoms with Gasteiger partial charge in [-0.05, 0) is 60.5 Å². The zero-order valence-electron chi connectivity index (χ0n) is 17.4. The third-order valence-electron chi connectivity index (χ3n) is 4.59. The van der Waals surface area contributed by atoms with Gasteiger partial charge in [0, 0.05) is 5.69 Å². The predicted molar refractivity (Wildman–Crippen MR) is 128 cm³/mol. The van der Waals surface area contributed by atoms with Gasteiger partial charge < -0.3 is 15.2 Å². The topological polar surface area (TPSA) is 99.4 Å². The van der Waals surface area contributed by atoms with Crippen LogP contribution >= 0.6 is 23.2 Å². The molecule has 0 saturated carbocycles. The number of amides is 1. The maximum Gasteiger partial charge on any atom is 0.335 e. The lowest BCUT2D eigenvalue weighted by Gasteiger charge is -2.11. The summed E-state index contributed by atoms with van der Waals surface area (Å²) in [6, 6.07) is 18.4. The van der Waals surface area contributed by atoms with Gasteiger partial charge in [0.05, 0.1) is 15.6 Å². The molecule has 3 rings (SSSR count). The Bertz CT molecular complexity index is 1240. The molecule has 3 aromatic carbocycles. The molecule has 0 unspecified atom stereocenters. The Balaban J connectivity index is 1.74. The van der Waals surface area contributed by atoms with Gasteiger partial charge in [0.1, 0.15) is 18.2 Å². The molecule has 2 N–H and O–H groups in total. The number of nitriles is 1. The first-order chi connectivity index (χ1) is 15.8. The minimum atomic E-state index is -1.01. The van der Waals surface area contributed by atoms with Gasteiger partial charge in [0.25, 0.3) is 5.91 Å². The van der Waals surface area contributed by atoms with Crippen molar-refractivity contribution >= 4 is 46.8 Å². The van der Waals surface area contributed by atoms with Gasteiger partial charge in [0.2, 0.25) is 0 Å². The fraction of sp³-hybridized carbons (Fsp3) is 0.0800. The highest BCUT2D eigenvalue weighted by Gasteiger charge is 2.13. The number of anilines is 1. The van der Waals surface area contributed by atoms with E-state index in [1.165, 1.54) is 30.3 Å². The van der Waals surface area contributed by atoms with Crippen LogP contribution in [0.15, 0.2) is 66.2 Å². The van der Waals surface area contributed by atoms with E-state index in [2.05, 4.69) is 5.32 Å². The molecule has 0 aliphatic heterocycles.